The van der Waals surface area contributed by atoms with Gasteiger partial charge in [-0.05, 0) is 40.8 Å². The Morgan fingerprint density at radius 2 is 1.53 bits per heavy atom. The highest BCUT2D eigenvalue weighted by atomic mass is 127. The average Bonchev–Trinajstić information content (AvgIpc) is 2.20. The maximum absolute atomic E-state index is 12.9. The molecule has 9 heteroatoms. The number of nitrogens with zero attached hydrogens (tertiary/aromatic N) is 1. The van der Waals surface area contributed by atoms with Gasteiger partial charge in [-0.25, -0.2) is 0 Å². The molecule has 1 aromatic rings. The number of alkyl halides is 6. The van der Waals surface area contributed by atoms with Crippen LogP contribution in [0.15, 0.2) is 23.4 Å². The van der Waals surface area contributed by atoms with Gasteiger partial charge in [0, 0.05) is 9.13 Å². The third kappa shape index (κ3) is 2.56. The first-order valence-corrected chi connectivity index (χ1v) is 5.80. The first kappa shape index (κ1) is 16.2. The molecule has 0 unspecified atom stereocenters. The van der Waals surface area contributed by atoms with Crippen LogP contribution in [0.1, 0.15) is 11.1 Å². The van der Waals surface area contributed by atoms with Crippen LogP contribution in [0.25, 0.3) is 0 Å². The van der Waals surface area contributed by atoms with Crippen LogP contribution in [0.5, 0.6) is 0 Å². The van der Waals surface area contributed by atoms with Crippen molar-refractivity contribution >= 4 is 22.6 Å². The summed E-state index contributed by atoms with van der Waals surface area (Å²) in [5.41, 5.74) is -5.79. The van der Waals surface area contributed by atoms with Crippen LogP contribution in [0.4, 0.5) is 26.3 Å². The van der Waals surface area contributed by atoms with E-state index in [0.29, 0.717) is 6.07 Å². The Balaban J connectivity index is 3.76. The number of nitroso groups, excluding NO2 is 1. The number of halogens is 7. The molecule has 0 fully saturated rings. The Bertz CT molecular complexity index is 482. The van der Waals surface area contributed by atoms with Gasteiger partial charge in [-0.2, -0.15) is 26.3 Å². The molecule has 0 bridgehead atoms. The number of hydrogen-bond donors (Lipinski definition) is 0. The summed E-state index contributed by atoms with van der Waals surface area (Å²) in [6.45, 7) is 1.32. The molecular formula is C10H6F6INO. The fraction of sp³-hybridized carbons (Fsp3) is 0.400. The molecule has 1 rings (SSSR count). The predicted molar refractivity (Wildman–Crippen MR) is 63.5 cm³/mol. The molecule has 0 radical (unpaired) electrons. The van der Waals surface area contributed by atoms with Crippen molar-refractivity contribution in [2.75, 3.05) is 0 Å². The molecule has 0 N–H and O–H groups in total. The van der Waals surface area contributed by atoms with E-state index in [4.69, 9.17) is 0 Å². The zero-order valence-corrected chi connectivity index (χ0v) is 11.4. The van der Waals surface area contributed by atoms with Crippen LogP contribution >= 0.6 is 22.6 Å². The van der Waals surface area contributed by atoms with Crippen molar-refractivity contribution in [3.05, 3.63) is 37.8 Å². The number of rotatable bonds is 2. The molecule has 0 atom stereocenters. The smallest absolute Gasteiger partial charge is 0.167 e. The first-order chi connectivity index (χ1) is 8.47. The maximum atomic E-state index is 12.9. The van der Waals surface area contributed by atoms with Crippen LogP contribution in [0.3, 0.4) is 0 Å². The Morgan fingerprint density at radius 1 is 1.05 bits per heavy atom. The molecule has 0 aromatic heterocycles. The summed E-state index contributed by atoms with van der Waals surface area (Å²) in [5.74, 6) is 0. The molecule has 2 nitrogen and oxygen atoms in total. The lowest BCUT2D eigenvalue weighted by Crippen LogP contribution is -2.52. The van der Waals surface area contributed by atoms with Gasteiger partial charge in [-0.1, -0.05) is 17.7 Å². The minimum Gasteiger partial charge on any atom is -0.167 e. The second-order valence-corrected chi connectivity index (χ2v) is 4.94. The van der Waals surface area contributed by atoms with Gasteiger partial charge in [-0.15, -0.1) is 4.91 Å². The van der Waals surface area contributed by atoms with Gasteiger partial charge >= 0.3 is 17.9 Å². The molecular weight excluding hydrogens is 391 g/mol. The van der Waals surface area contributed by atoms with E-state index in [1.165, 1.54) is 40.8 Å². The van der Waals surface area contributed by atoms with Crippen molar-refractivity contribution in [1.29, 1.82) is 0 Å². The molecule has 0 heterocycles. The minimum atomic E-state index is -5.87. The monoisotopic (exact) mass is 397 g/mol. The fourth-order valence-corrected chi connectivity index (χ4v) is 2.26. The lowest BCUT2D eigenvalue weighted by atomic mass is 9.88. The standard InChI is InChI=1S/C10H6F6INO/c1-5-2-3-7(17)6(4-5)8(18-19,9(11,12)13)10(14,15)16/h2-4H,1H3. The van der Waals surface area contributed by atoms with Crippen molar-refractivity contribution in [2.24, 2.45) is 5.18 Å². The van der Waals surface area contributed by atoms with Gasteiger partial charge in [0.1, 0.15) is 0 Å². The quantitative estimate of drug-likeness (QED) is 0.405. The van der Waals surface area contributed by atoms with E-state index in [0.717, 1.165) is 6.07 Å². The zero-order valence-electron chi connectivity index (χ0n) is 9.23. The molecule has 0 amide bonds. The Labute approximate surface area is 117 Å². The third-order valence-electron chi connectivity index (χ3n) is 2.47. The van der Waals surface area contributed by atoms with E-state index in [1.807, 2.05) is 0 Å². The number of hydrogen-bond acceptors (Lipinski definition) is 2. The third-order valence-corrected chi connectivity index (χ3v) is 3.41. The van der Waals surface area contributed by atoms with Gasteiger partial charge in [0.15, 0.2) is 0 Å². The molecule has 1 aromatic carbocycles. The van der Waals surface area contributed by atoms with E-state index >= 15 is 0 Å². The fourth-order valence-electron chi connectivity index (χ4n) is 1.54. The summed E-state index contributed by atoms with van der Waals surface area (Å²) in [4.78, 5) is 10.5. The number of benzene rings is 1. The highest BCUT2D eigenvalue weighted by Gasteiger charge is 2.75. The lowest BCUT2D eigenvalue weighted by Gasteiger charge is -2.32. The second-order valence-electron chi connectivity index (χ2n) is 3.78. The van der Waals surface area contributed by atoms with E-state index in [9.17, 15) is 31.2 Å². The topological polar surface area (TPSA) is 29.4 Å². The molecule has 0 aliphatic rings. The molecule has 106 valence electrons. The van der Waals surface area contributed by atoms with Crippen molar-refractivity contribution in [3.63, 3.8) is 0 Å². The average molecular weight is 397 g/mol. The lowest BCUT2D eigenvalue weighted by molar-refractivity contribution is -0.301. The minimum absolute atomic E-state index is 0.164. The largest absolute Gasteiger partial charge is 0.430 e. The summed E-state index contributed by atoms with van der Waals surface area (Å²) >= 11 is 1.31. The van der Waals surface area contributed by atoms with Gasteiger partial charge < -0.3 is 0 Å². The molecule has 0 aliphatic heterocycles. The predicted octanol–water partition coefficient (Wildman–Crippen LogP) is 4.69. The van der Waals surface area contributed by atoms with E-state index < -0.39 is 23.5 Å². The zero-order chi connectivity index (χ0) is 15.1. The normalized spacial score (nSPS) is 13.5. The summed E-state index contributed by atoms with van der Waals surface area (Å²) in [5, 5.41) is 1.43. The summed E-state index contributed by atoms with van der Waals surface area (Å²) < 4.78 is 76.8. The summed E-state index contributed by atoms with van der Waals surface area (Å²) in [6.07, 6.45) is -11.7. The van der Waals surface area contributed by atoms with Crippen LogP contribution in [-0.2, 0) is 5.54 Å². The van der Waals surface area contributed by atoms with Crippen LogP contribution in [0.2, 0.25) is 0 Å². The van der Waals surface area contributed by atoms with Gasteiger partial charge in [-0.3, -0.25) is 0 Å². The summed E-state index contributed by atoms with van der Waals surface area (Å²) in [7, 11) is 0. The van der Waals surface area contributed by atoms with Crippen molar-refractivity contribution in [3.8, 4) is 0 Å². The Morgan fingerprint density at radius 3 is 1.89 bits per heavy atom. The van der Waals surface area contributed by atoms with E-state index in [-0.39, 0.29) is 9.13 Å². The van der Waals surface area contributed by atoms with Gasteiger partial charge in [0.2, 0.25) is 0 Å². The Kier molecular flexibility index (Phi) is 4.18. The molecule has 0 aliphatic carbocycles. The van der Waals surface area contributed by atoms with Crippen LogP contribution in [0, 0.1) is 15.4 Å². The van der Waals surface area contributed by atoms with Crippen molar-refractivity contribution < 1.29 is 26.3 Å². The second kappa shape index (κ2) is 4.91. The van der Waals surface area contributed by atoms with E-state index in [1.54, 1.807) is 0 Å². The van der Waals surface area contributed by atoms with Crippen molar-refractivity contribution in [1.82, 2.24) is 0 Å². The van der Waals surface area contributed by atoms with Crippen LogP contribution < -0.4 is 0 Å². The highest BCUT2D eigenvalue weighted by molar-refractivity contribution is 14.1. The molecule has 19 heavy (non-hydrogen) atoms. The number of aryl methyl sites for hydroxylation is 1. The SMILES string of the molecule is Cc1ccc(I)c(C(N=O)(C(F)(F)F)C(F)(F)F)c1. The van der Waals surface area contributed by atoms with E-state index in [2.05, 4.69) is 0 Å². The summed E-state index contributed by atoms with van der Waals surface area (Å²) in [6, 6.07) is 3.08. The first-order valence-electron chi connectivity index (χ1n) is 4.72. The van der Waals surface area contributed by atoms with Crippen molar-refractivity contribution in [2.45, 2.75) is 24.8 Å². The highest BCUT2D eigenvalue weighted by Crippen LogP contribution is 2.54. The van der Waals surface area contributed by atoms with Gasteiger partial charge in [0.25, 0.3) is 0 Å². The molecule has 0 saturated carbocycles. The maximum Gasteiger partial charge on any atom is 0.430 e. The molecule has 0 spiro atoms. The molecule has 0 saturated heterocycles. The van der Waals surface area contributed by atoms with Crippen LogP contribution in [-0.4, -0.2) is 12.4 Å². The van der Waals surface area contributed by atoms with Gasteiger partial charge in [0.05, 0.1) is 0 Å². The Hall–Kier alpha value is -0.870.